The van der Waals surface area contributed by atoms with Gasteiger partial charge in [0, 0.05) is 62.2 Å². The van der Waals surface area contributed by atoms with Crippen LogP contribution in [0.15, 0.2) is 66.0 Å². The molecule has 0 saturated carbocycles. The molecule has 1 aliphatic rings. The van der Waals surface area contributed by atoms with Crippen LogP contribution in [0.5, 0.6) is 0 Å². The zero-order valence-corrected chi connectivity index (χ0v) is 29.4. The monoisotopic (exact) mass is 656 g/mol. The smallest absolute Gasteiger partial charge is 0.252 e. The van der Waals surface area contributed by atoms with Gasteiger partial charge in [0.15, 0.2) is 0 Å². The Morgan fingerprint density at radius 1 is 0.936 bits per heavy atom. The molecule has 0 unspecified atom stereocenters. The highest BCUT2D eigenvalue weighted by Gasteiger charge is 2.24. The van der Waals surface area contributed by atoms with Gasteiger partial charge in [-0.05, 0) is 73.4 Å². The summed E-state index contributed by atoms with van der Waals surface area (Å²) in [5.41, 5.74) is 3.76. The van der Waals surface area contributed by atoms with Crippen molar-refractivity contribution < 1.29 is 9.59 Å². The number of fused-ring (bicyclic) bond motifs is 1. The van der Waals surface area contributed by atoms with E-state index < -0.39 is 6.04 Å². The third-order valence-corrected chi connectivity index (χ3v) is 10.1. The number of imidazole rings is 1. The maximum Gasteiger partial charge on any atom is 0.252 e. The van der Waals surface area contributed by atoms with Crippen LogP contribution in [0.2, 0.25) is 0 Å². The lowest BCUT2D eigenvalue weighted by Gasteiger charge is -2.34. The molecule has 47 heavy (non-hydrogen) atoms. The van der Waals surface area contributed by atoms with Crippen molar-refractivity contribution in [2.24, 2.45) is 5.92 Å². The number of carbonyl (C=O) groups is 2. The molecule has 9 heteroatoms. The number of aromatic nitrogens is 2. The summed E-state index contributed by atoms with van der Waals surface area (Å²) in [7, 11) is 0. The molecule has 252 valence electrons. The molecule has 2 aromatic heterocycles. The lowest BCUT2D eigenvalue weighted by atomic mass is 10.0. The van der Waals surface area contributed by atoms with E-state index in [-0.39, 0.29) is 17.7 Å². The van der Waals surface area contributed by atoms with E-state index in [2.05, 4.69) is 101 Å². The first-order chi connectivity index (χ1) is 22.8. The van der Waals surface area contributed by atoms with E-state index in [1.54, 1.807) is 11.3 Å². The number of benzene rings is 2. The maximum atomic E-state index is 13.5. The number of nitrogens with zero attached hydrogens (tertiary/aromatic N) is 4. The van der Waals surface area contributed by atoms with Crippen molar-refractivity contribution in [1.29, 1.82) is 0 Å². The second-order valence-electron chi connectivity index (χ2n) is 13.2. The molecule has 0 bridgehead atoms. The van der Waals surface area contributed by atoms with Gasteiger partial charge in [-0.2, -0.15) is 0 Å². The van der Waals surface area contributed by atoms with Crippen molar-refractivity contribution in [3.8, 4) is 0 Å². The predicted octanol–water partition coefficient (Wildman–Crippen LogP) is 6.52. The molecule has 2 amide bonds. The summed E-state index contributed by atoms with van der Waals surface area (Å²) in [6, 6.07) is 20.4. The van der Waals surface area contributed by atoms with Gasteiger partial charge in [-0.15, -0.1) is 11.3 Å². The lowest BCUT2D eigenvalue weighted by molar-refractivity contribution is -0.123. The molecule has 2 aromatic carbocycles. The number of hydrogen-bond acceptors (Lipinski definition) is 6. The van der Waals surface area contributed by atoms with Crippen molar-refractivity contribution in [2.45, 2.75) is 78.4 Å². The quantitative estimate of drug-likeness (QED) is 0.134. The summed E-state index contributed by atoms with van der Waals surface area (Å²) in [5, 5.41) is 8.25. The van der Waals surface area contributed by atoms with Crippen molar-refractivity contribution in [3.05, 3.63) is 87.9 Å². The minimum atomic E-state index is -0.587. The van der Waals surface area contributed by atoms with Gasteiger partial charge < -0.3 is 20.1 Å². The largest absolute Gasteiger partial charge is 0.354 e. The van der Waals surface area contributed by atoms with Crippen molar-refractivity contribution >= 4 is 34.2 Å². The van der Waals surface area contributed by atoms with Gasteiger partial charge >= 0.3 is 0 Å². The molecule has 1 aliphatic heterocycles. The number of piperazine rings is 1. The molecule has 0 radical (unpaired) electrons. The van der Waals surface area contributed by atoms with E-state index in [1.165, 1.54) is 10.4 Å². The average molecular weight is 657 g/mol. The number of amides is 2. The fourth-order valence-electron chi connectivity index (χ4n) is 6.64. The highest BCUT2D eigenvalue weighted by atomic mass is 32.1. The van der Waals surface area contributed by atoms with E-state index in [0.29, 0.717) is 24.6 Å². The molecule has 2 N–H and O–H groups in total. The first-order valence-corrected chi connectivity index (χ1v) is 18.3. The Labute approximate surface area is 284 Å². The van der Waals surface area contributed by atoms with Crippen LogP contribution >= 0.6 is 11.3 Å². The van der Waals surface area contributed by atoms with Crippen LogP contribution < -0.4 is 10.6 Å². The third-order valence-electron chi connectivity index (χ3n) is 9.24. The van der Waals surface area contributed by atoms with Crippen LogP contribution in [0.4, 0.5) is 0 Å². The van der Waals surface area contributed by atoms with Crippen LogP contribution in [-0.4, -0.2) is 76.5 Å². The van der Waals surface area contributed by atoms with E-state index in [9.17, 15) is 9.59 Å². The Balaban J connectivity index is 1.15. The summed E-state index contributed by atoms with van der Waals surface area (Å²) in [6.45, 7) is 15.3. The molecule has 0 aliphatic carbocycles. The average Bonchev–Trinajstić information content (AvgIpc) is 3.72. The summed E-state index contributed by atoms with van der Waals surface area (Å²) < 4.78 is 2.36. The summed E-state index contributed by atoms with van der Waals surface area (Å²) in [4.78, 5) is 38.1. The van der Waals surface area contributed by atoms with Gasteiger partial charge in [0.2, 0.25) is 5.91 Å². The van der Waals surface area contributed by atoms with E-state index >= 15 is 0 Å². The molecular weight excluding hydrogens is 605 g/mol. The number of thiophene rings is 1. The van der Waals surface area contributed by atoms with Gasteiger partial charge in [0.1, 0.15) is 11.9 Å². The second-order valence-corrected chi connectivity index (χ2v) is 14.3. The Kier molecular flexibility index (Phi) is 12.6. The normalized spacial score (nSPS) is 15.0. The molecule has 1 fully saturated rings. The molecule has 8 nitrogen and oxygen atoms in total. The minimum Gasteiger partial charge on any atom is -0.354 e. The molecule has 1 atom stereocenters. The summed E-state index contributed by atoms with van der Waals surface area (Å²) in [5.74, 6) is 0.936. The molecule has 4 aromatic rings. The third kappa shape index (κ3) is 9.52. The van der Waals surface area contributed by atoms with Crippen LogP contribution in [0.25, 0.3) is 11.0 Å². The van der Waals surface area contributed by atoms with E-state index in [4.69, 9.17) is 4.98 Å². The van der Waals surface area contributed by atoms with Gasteiger partial charge in [0.25, 0.3) is 5.91 Å². The van der Waals surface area contributed by atoms with Crippen LogP contribution in [-0.2, 0) is 17.8 Å². The predicted molar refractivity (Wildman–Crippen MR) is 193 cm³/mol. The van der Waals surface area contributed by atoms with Gasteiger partial charge in [-0.3, -0.25) is 14.5 Å². The van der Waals surface area contributed by atoms with Gasteiger partial charge in [-0.1, -0.05) is 64.1 Å². The molecule has 0 spiro atoms. The Morgan fingerprint density at radius 2 is 1.68 bits per heavy atom. The van der Waals surface area contributed by atoms with Crippen molar-refractivity contribution in [1.82, 2.24) is 30.0 Å². The fourth-order valence-corrected chi connectivity index (χ4v) is 7.34. The van der Waals surface area contributed by atoms with Crippen molar-refractivity contribution in [2.75, 3.05) is 39.3 Å². The van der Waals surface area contributed by atoms with E-state index in [1.807, 2.05) is 18.2 Å². The SMILES string of the molecule is CCC(CC)n1c(Cc2cccs2)nc2cc(C(=O)N[C@@H](CC(C)C)C(=O)NCCCN3CCN(Cc4ccccc4)CC3)ccc21. The van der Waals surface area contributed by atoms with Crippen LogP contribution in [0.1, 0.15) is 86.0 Å². The molecule has 5 rings (SSSR count). The number of nitrogens with one attached hydrogen (secondary N) is 2. The summed E-state index contributed by atoms with van der Waals surface area (Å²) >= 11 is 1.74. The standard InChI is InChI=1S/C38H52N6O2S/c1-5-31(6-2)44-35-16-15-30(25-33(35)40-36(44)26-32-14-10-23-47-32)37(45)41-34(24-28(3)4)38(46)39-17-11-18-42-19-21-43(22-20-42)27-29-12-8-7-9-13-29/h7-10,12-16,23,25,28,31,34H,5-6,11,17-22,24,26-27H2,1-4H3,(H,39,46)(H,41,45)/t34-/m0/s1. The van der Waals surface area contributed by atoms with Gasteiger partial charge in [0.05, 0.1) is 11.0 Å². The number of rotatable bonds is 16. The maximum absolute atomic E-state index is 13.5. The molecule has 3 heterocycles. The zero-order chi connectivity index (χ0) is 33.2. The zero-order valence-electron chi connectivity index (χ0n) is 28.6. The molecule has 1 saturated heterocycles. The highest BCUT2D eigenvalue weighted by Crippen LogP contribution is 2.28. The molecular formula is C38H52N6O2S. The summed E-state index contributed by atoms with van der Waals surface area (Å²) in [6.07, 6.45) is 4.26. The number of carbonyl (C=O) groups excluding carboxylic acids is 2. The lowest BCUT2D eigenvalue weighted by Crippen LogP contribution is -2.48. The first-order valence-electron chi connectivity index (χ1n) is 17.4. The van der Waals surface area contributed by atoms with Crippen LogP contribution in [0, 0.1) is 5.92 Å². The first kappa shape index (κ1) is 34.8. The Morgan fingerprint density at radius 3 is 2.36 bits per heavy atom. The number of hydrogen-bond donors (Lipinski definition) is 2. The Bertz CT molecular complexity index is 1560. The Hall–Kier alpha value is -3.53. The fraction of sp³-hybridized carbons (Fsp3) is 0.500. The topological polar surface area (TPSA) is 82.5 Å². The second kappa shape index (κ2) is 17.0. The van der Waals surface area contributed by atoms with Crippen LogP contribution in [0.3, 0.4) is 0 Å². The minimum absolute atomic E-state index is 0.114. The van der Waals surface area contributed by atoms with Crippen molar-refractivity contribution in [3.63, 3.8) is 0 Å². The highest BCUT2D eigenvalue weighted by molar-refractivity contribution is 7.09. The van der Waals surface area contributed by atoms with E-state index in [0.717, 1.165) is 81.8 Å². The van der Waals surface area contributed by atoms with Gasteiger partial charge in [-0.25, -0.2) is 4.98 Å².